The van der Waals surface area contributed by atoms with E-state index in [1.54, 1.807) is 21.2 Å². The van der Waals surface area contributed by atoms with Gasteiger partial charge in [0.2, 0.25) is 0 Å². The smallest absolute Gasteiger partial charge is 0.259 e. The second-order valence-corrected chi connectivity index (χ2v) is 7.30. The van der Waals surface area contributed by atoms with Gasteiger partial charge in [0.25, 0.3) is 5.91 Å². The van der Waals surface area contributed by atoms with E-state index < -0.39 is 0 Å². The first-order chi connectivity index (χ1) is 13.5. The number of para-hydroxylation sites is 1. The summed E-state index contributed by atoms with van der Waals surface area (Å²) in [7, 11) is 7.15. The molecule has 3 rings (SSSR count). The average molecular weight is 384 g/mol. The Morgan fingerprint density at radius 2 is 1.96 bits per heavy atom. The predicted molar refractivity (Wildman–Crippen MR) is 108 cm³/mol. The molecule has 0 aliphatic carbocycles. The summed E-state index contributed by atoms with van der Waals surface area (Å²) >= 11 is 0. The molecule has 0 spiro atoms. The standard InChI is InChI=1S/C22H28N2O4/c1-23(2)22(25)15-27-18-9-10-20(26-4)17(12-18)13-24(3)14-19-11-16-7-5-6-8-21(16)28-19/h5-10,12,19H,11,13-15H2,1-4H3. The third kappa shape index (κ3) is 4.95. The molecule has 1 aliphatic rings. The minimum atomic E-state index is -0.0764. The van der Waals surface area contributed by atoms with Crippen molar-refractivity contribution in [1.82, 2.24) is 9.80 Å². The van der Waals surface area contributed by atoms with Crippen molar-refractivity contribution in [2.24, 2.45) is 0 Å². The number of carbonyl (C=O) groups excluding carboxylic acids is 1. The van der Waals surface area contributed by atoms with Crippen LogP contribution < -0.4 is 14.2 Å². The number of carbonyl (C=O) groups is 1. The molecule has 0 fully saturated rings. The molecule has 1 unspecified atom stereocenters. The number of hydrogen-bond acceptors (Lipinski definition) is 5. The molecule has 2 aromatic carbocycles. The quantitative estimate of drug-likeness (QED) is 0.700. The van der Waals surface area contributed by atoms with Gasteiger partial charge in [0.15, 0.2) is 6.61 Å². The van der Waals surface area contributed by atoms with Gasteiger partial charge in [-0.25, -0.2) is 0 Å². The van der Waals surface area contributed by atoms with Crippen LogP contribution in [0.2, 0.25) is 0 Å². The van der Waals surface area contributed by atoms with Crippen LogP contribution in [0.25, 0.3) is 0 Å². The van der Waals surface area contributed by atoms with Crippen LogP contribution in [-0.4, -0.2) is 63.2 Å². The zero-order valence-corrected chi connectivity index (χ0v) is 17.0. The van der Waals surface area contributed by atoms with Gasteiger partial charge in [-0.05, 0) is 36.9 Å². The zero-order chi connectivity index (χ0) is 20.1. The molecule has 6 nitrogen and oxygen atoms in total. The lowest BCUT2D eigenvalue weighted by Crippen LogP contribution is -2.31. The lowest BCUT2D eigenvalue weighted by molar-refractivity contribution is -0.130. The fourth-order valence-corrected chi connectivity index (χ4v) is 3.30. The summed E-state index contributed by atoms with van der Waals surface area (Å²) < 4.78 is 17.2. The molecule has 1 atom stereocenters. The summed E-state index contributed by atoms with van der Waals surface area (Å²) in [5.41, 5.74) is 2.27. The summed E-state index contributed by atoms with van der Waals surface area (Å²) in [6.45, 7) is 1.52. The second-order valence-electron chi connectivity index (χ2n) is 7.30. The van der Waals surface area contributed by atoms with Crippen molar-refractivity contribution in [3.05, 3.63) is 53.6 Å². The van der Waals surface area contributed by atoms with Gasteiger partial charge in [0, 0.05) is 39.2 Å². The highest BCUT2D eigenvalue weighted by molar-refractivity contribution is 5.77. The molecule has 0 saturated carbocycles. The Balaban J connectivity index is 1.60. The number of methoxy groups -OCH3 is 1. The maximum Gasteiger partial charge on any atom is 0.259 e. The minimum absolute atomic E-state index is 0.0166. The van der Waals surface area contributed by atoms with Crippen LogP contribution >= 0.6 is 0 Å². The Hall–Kier alpha value is -2.73. The molecular weight excluding hydrogens is 356 g/mol. The molecule has 0 aromatic heterocycles. The van der Waals surface area contributed by atoms with Crippen molar-refractivity contribution < 1.29 is 19.0 Å². The van der Waals surface area contributed by atoms with Crippen LogP contribution in [0.15, 0.2) is 42.5 Å². The van der Waals surface area contributed by atoms with E-state index in [0.717, 1.165) is 30.0 Å². The second kappa shape index (κ2) is 8.97. The molecule has 0 bridgehead atoms. The van der Waals surface area contributed by atoms with Crippen LogP contribution in [0.5, 0.6) is 17.2 Å². The minimum Gasteiger partial charge on any atom is -0.496 e. The Morgan fingerprint density at radius 1 is 1.18 bits per heavy atom. The van der Waals surface area contributed by atoms with E-state index in [2.05, 4.69) is 18.0 Å². The van der Waals surface area contributed by atoms with Gasteiger partial charge in [0.1, 0.15) is 23.4 Å². The third-order valence-electron chi connectivity index (χ3n) is 4.78. The van der Waals surface area contributed by atoms with Crippen molar-refractivity contribution in [2.45, 2.75) is 19.1 Å². The summed E-state index contributed by atoms with van der Waals surface area (Å²) in [5, 5.41) is 0. The van der Waals surface area contributed by atoms with Crippen molar-refractivity contribution in [2.75, 3.05) is 41.4 Å². The lowest BCUT2D eigenvalue weighted by Gasteiger charge is -2.22. The van der Waals surface area contributed by atoms with Gasteiger partial charge in [-0.2, -0.15) is 0 Å². The van der Waals surface area contributed by atoms with Crippen molar-refractivity contribution in [3.63, 3.8) is 0 Å². The van der Waals surface area contributed by atoms with Crippen LogP contribution in [0, 0.1) is 0 Å². The van der Waals surface area contributed by atoms with Gasteiger partial charge in [-0.3, -0.25) is 9.69 Å². The molecule has 150 valence electrons. The first kappa shape index (κ1) is 20.0. The normalized spacial score (nSPS) is 15.1. The average Bonchev–Trinajstić information content (AvgIpc) is 3.08. The molecule has 0 saturated heterocycles. The first-order valence-corrected chi connectivity index (χ1v) is 9.39. The predicted octanol–water partition coefficient (Wildman–Crippen LogP) is 2.60. The SMILES string of the molecule is COc1ccc(OCC(=O)N(C)C)cc1CN(C)CC1Cc2ccccc2O1. The Bertz CT molecular complexity index is 797. The van der Waals surface area contributed by atoms with E-state index in [-0.39, 0.29) is 18.6 Å². The van der Waals surface area contributed by atoms with Gasteiger partial charge in [0.05, 0.1) is 7.11 Å². The summed E-state index contributed by atoms with van der Waals surface area (Å²) in [4.78, 5) is 15.5. The first-order valence-electron chi connectivity index (χ1n) is 9.39. The molecule has 6 heteroatoms. The number of benzene rings is 2. The maximum atomic E-state index is 11.7. The van der Waals surface area contributed by atoms with E-state index in [4.69, 9.17) is 14.2 Å². The molecule has 1 heterocycles. The number of amides is 1. The summed E-state index contributed by atoms with van der Waals surface area (Å²) in [6, 6.07) is 13.8. The fourth-order valence-electron chi connectivity index (χ4n) is 3.30. The topological polar surface area (TPSA) is 51.2 Å². The highest BCUT2D eigenvalue weighted by Crippen LogP contribution is 2.29. The molecule has 2 aromatic rings. The van der Waals surface area contributed by atoms with E-state index in [9.17, 15) is 4.79 Å². The van der Waals surface area contributed by atoms with Crippen LogP contribution in [0.4, 0.5) is 0 Å². The van der Waals surface area contributed by atoms with E-state index >= 15 is 0 Å². The molecule has 0 radical (unpaired) electrons. The van der Waals surface area contributed by atoms with E-state index in [1.165, 1.54) is 10.5 Å². The van der Waals surface area contributed by atoms with E-state index in [1.807, 2.05) is 36.4 Å². The Labute approximate surface area is 166 Å². The van der Waals surface area contributed by atoms with Crippen LogP contribution in [-0.2, 0) is 17.8 Å². The summed E-state index contributed by atoms with van der Waals surface area (Å²) in [5.74, 6) is 2.37. The van der Waals surface area contributed by atoms with E-state index in [0.29, 0.717) is 12.3 Å². The van der Waals surface area contributed by atoms with Gasteiger partial charge < -0.3 is 19.1 Å². The van der Waals surface area contributed by atoms with Crippen molar-refractivity contribution >= 4 is 5.91 Å². The molecule has 28 heavy (non-hydrogen) atoms. The van der Waals surface area contributed by atoms with Gasteiger partial charge in [-0.15, -0.1) is 0 Å². The number of fused-ring (bicyclic) bond motifs is 1. The highest BCUT2D eigenvalue weighted by Gasteiger charge is 2.23. The van der Waals surface area contributed by atoms with Gasteiger partial charge in [-0.1, -0.05) is 18.2 Å². The van der Waals surface area contributed by atoms with Crippen LogP contribution in [0.3, 0.4) is 0 Å². The molecular formula is C22H28N2O4. The van der Waals surface area contributed by atoms with Crippen LogP contribution in [0.1, 0.15) is 11.1 Å². The summed E-state index contributed by atoms with van der Waals surface area (Å²) in [6.07, 6.45) is 1.07. The third-order valence-corrected chi connectivity index (χ3v) is 4.78. The molecule has 1 amide bonds. The number of hydrogen-bond donors (Lipinski definition) is 0. The zero-order valence-electron chi connectivity index (χ0n) is 17.0. The molecule has 1 aliphatic heterocycles. The van der Waals surface area contributed by atoms with Gasteiger partial charge >= 0.3 is 0 Å². The largest absolute Gasteiger partial charge is 0.496 e. The fraction of sp³-hybridized carbons (Fsp3) is 0.409. The Kier molecular flexibility index (Phi) is 6.41. The van der Waals surface area contributed by atoms with Crippen molar-refractivity contribution in [1.29, 1.82) is 0 Å². The maximum absolute atomic E-state index is 11.7. The number of rotatable bonds is 8. The Morgan fingerprint density at radius 3 is 2.68 bits per heavy atom. The monoisotopic (exact) mass is 384 g/mol. The highest BCUT2D eigenvalue weighted by atomic mass is 16.5. The number of likely N-dealkylation sites (N-methyl/N-ethyl adjacent to an activating group) is 2. The van der Waals surface area contributed by atoms with Crippen molar-refractivity contribution in [3.8, 4) is 17.2 Å². The number of nitrogens with zero attached hydrogens (tertiary/aromatic N) is 2. The molecule has 0 N–H and O–H groups in total. The lowest BCUT2D eigenvalue weighted by atomic mass is 10.1. The number of ether oxygens (including phenoxy) is 3.